The maximum Gasteiger partial charge on any atom is 0.263 e. The second-order valence-corrected chi connectivity index (χ2v) is 11.4. The molecule has 0 unspecified atom stereocenters. The van der Waals surface area contributed by atoms with Crippen molar-refractivity contribution in [2.75, 3.05) is 40.7 Å². The second kappa shape index (κ2) is 9.90. The number of benzene rings is 2. The Hall–Kier alpha value is -3.44. The summed E-state index contributed by atoms with van der Waals surface area (Å²) >= 11 is 1.19. The van der Waals surface area contributed by atoms with Gasteiger partial charge in [-0.3, -0.25) is 14.3 Å². The molecule has 1 saturated heterocycles. The Morgan fingerprint density at radius 2 is 1.89 bits per heavy atom. The van der Waals surface area contributed by atoms with E-state index < -0.39 is 10.0 Å². The maximum absolute atomic E-state index is 13.3. The standard InChI is InChI=1S/C25H27N5O4S2.H2/c1-18(29-13-4-6-19-5-2-3-7-22(19)29)24(32)28-14-15-30(23(31)17-28)20-8-10-21(11-9-20)36(33,34)27-25-26-12-16-35-25;/h2-3,5,7-12,16,18H,4,6,13-15,17H2,1H3,(H,26,27);1H/t18-;/m1./s1. The number of nitrogens with zero attached hydrogens (tertiary/aromatic N) is 4. The molecule has 36 heavy (non-hydrogen) atoms. The molecule has 2 amide bonds. The van der Waals surface area contributed by atoms with Crippen LogP contribution in [0.2, 0.25) is 0 Å². The zero-order valence-corrected chi connectivity index (χ0v) is 21.5. The summed E-state index contributed by atoms with van der Waals surface area (Å²) in [6.45, 7) is 3.46. The highest BCUT2D eigenvalue weighted by Gasteiger charge is 2.34. The number of para-hydroxylation sites is 1. The molecular weight excluding hydrogens is 498 g/mol. The highest BCUT2D eigenvalue weighted by Crippen LogP contribution is 2.29. The lowest BCUT2D eigenvalue weighted by Crippen LogP contribution is -2.57. The van der Waals surface area contributed by atoms with E-state index in [1.54, 1.807) is 27.3 Å². The number of thiazole rings is 1. The van der Waals surface area contributed by atoms with Crippen LogP contribution in [-0.2, 0) is 26.0 Å². The first-order valence-corrected chi connectivity index (χ1v) is 14.2. The number of carbonyl (C=O) groups is 2. The summed E-state index contributed by atoms with van der Waals surface area (Å²) < 4.78 is 27.6. The van der Waals surface area contributed by atoms with Crippen molar-refractivity contribution in [3.63, 3.8) is 0 Å². The molecule has 0 saturated carbocycles. The molecule has 3 aromatic rings. The number of carbonyl (C=O) groups excluding carboxylic acids is 2. The van der Waals surface area contributed by atoms with E-state index in [-0.39, 0.29) is 35.9 Å². The van der Waals surface area contributed by atoms with Gasteiger partial charge in [0.2, 0.25) is 11.8 Å². The summed E-state index contributed by atoms with van der Waals surface area (Å²) in [7, 11) is -3.77. The number of piperazine rings is 1. The van der Waals surface area contributed by atoms with Crippen molar-refractivity contribution in [3.8, 4) is 0 Å². The average Bonchev–Trinajstić information content (AvgIpc) is 3.40. The van der Waals surface area contributed by atoms with Gasteiger partial charge in [0.1, 0.15) is 12.6 Å². The van der Waals surface area contributed by atoms with Crippen molar-refractivity contribution in [2.24, 2.45) is 0 Å². The number of aromatic nitrogens is 1. The fraction of sp³-hybridized carbons (Fsp3) is 0.320. The quantitative estimate of drug-likeness (QED) is 0.528. The van der Waals surface area contributed by atoms with Crippen LogP contribution in [0.15, 0.2) is 65.0 Å². The molecule has 0 radical (unpaired) electrons. The van der Waals surface area contributed by atoms with Gasteiger partial charge in [-0.15, -0.1) is 11.3 Å². The van der Waals surface area contributed by atoms with Crippen LogP contribution in [0.3, 0.4) is 0 Å². The number of amides is 2. The molecule has 2 aliphatic heterocycles. The lowest BCUT2D eigenvalue weighted by Gasteiger charge is -2.40. The minimum absolute atomic E-state index is 0. The normalized spacial score (nSPS) is 17.0. The zero-order valence-electron chi connectivity index (χ0n) is 19.8. The summed E-state index contributed by atoms with van der Waals surface area (Å²) in [4.78, 5) is 35.7. The maximum atomic E-state index is 13.3. The van der Waals surface area contributed by atoms with Gasteiger partial charge in [-0.2, -0.15) is 0 Å². The van der Waals surface area contributed by atoms with E-state index in [1.807, 2.05) is 19.1 Å². The average molecular weight is 528 g/mol. The molecule has 5 rings (SSSR count). The van der Waals surface area contributed by atoms with Gasteiger partial charge in [0.05, 0.1) is 4.90 Å². The predicted molar refractivity (Wildman–Crippen MR) is 142 cm³/mol. The topological polar surface area (TPSA) is 103 Å². The number of anilines is 3. The minimum atomic E-state index is -3.77. The molecule has 1 aromatic heterocycles. The fourth-order valence-electron chi connectivity index (χ4n) is 4.75. The molecule has 3 heterocycles. The van der Waals surface area contributed by atoms with E-state index in [1.165, 1.54) is 35.2 Å². The lowest BCUT2D eigenvalue weighted by atomic mass is 10.00. The SMILES string of the molecule is C[C@H](C(=O)N1CCN(c2ccc(S(=O)(=O)Nc3nccs3)cc2)C(=O)C1)N1CCCc2ccccc21.[HH]. The fourth-order valence-corrected chi connectivity index (χ4v) is 6.54. The van der Waals surface area contributed by atoms with E-state index in [0.29, 0.717) is 18.8 Å². The highest BCUT2D eigenvalue weighted by atomic mass is 32.2. The first kappa shape index (κ1) is 24.3. The Labute approximate surface area is 215 Å². The lowest BCUT2D eigenvalue weighted by molar-refractivity contribution is -0.137. The third-order valence-electron chi connectivity index (χ3n) is 6.62. The van der Waals surface area contributed by atoms with Gasteiger partial charge < -0.3 is 14.7 Å². The summed E-state index contributed by atoms with van der Waals surface area (Å²) in [6.07, 6.45) is 3.52. The van der Waals surface area contributed by atoms with Crippen LogP contribution in [0, 0.1) is 0 Å². The molecule has 2 aromatic carbocycles. The number of hydrogen-bond donors (Lipinski definition) is 1. The molecule has 0 aliphatic carbocycles. The van der Waals surface area contributed by atoms with Crippen molar-refractivity contribution in [3.05, 3.63) is 65.7 Å². The molecule has 11 heteroatoms. The van der Waals surface area contributed by atoms with E-state index in [2.05, 4.69) is 26.7 Å². The van der Waals surface area contributed by atoms with E-state index in [4.69, 9.17) is 0 Å². The number of rotatable bonds is 6. The van der Waals surface area contributed by atoms with Crippen LogP contribution in [-0.4, -0.2) is 62.3 Å². The van der Waals surface area contributed by atoms with Gasteiger partial charge >= 0.3 is 0 Å². The van der Waals surface area contributed by atoms with E-state index in [9.17, 15) is 18.0 Å². The number of hydrogen-bond acceptors (Lipinski definition) is 7. The highest BCUT2D eigenvalue weighted by molar-refractivity contribution is 7.93. The Morgan fingerprint density at radius 1 is 1.11 bits per heavy atom. The summed E-state index contributed by atoms with van der Waals surface area (Å²) in [5.41, 5.74) is 2.93. The molecule has 1 fully saturated rings. The molecule has 9 nitrogen and oxygen atoms in total. The number of nitrogens with one attached hydrogen (secondary N) is 1. The summed E-state index contributed by atoms with van der Waals surface area (Å²) in [6, 6.07) is 14.0. The van der Waals surface area contributed by atoms with Crippen molar-refractivity contribution in [2.45, 2.75) is 30.7 Å². The zero-order chi connectivity index (χ0) is 25.3. The summed E-state index contributed by atoms with van der Waals surface area (Å²) in [5, 5.41) is 1.97. The van der Waals surface area contributed by atoms with Gasteiger partial charge in [-0.1, -0.05) is 18.2 Å². The van der Waals surface area contributed by atoms with Gasteiger partial charge in [0.15, 0.2) is 5.13 Å². The number of fused-ring (bicyclic) bond motifs is 1. The van der Waals surface area contributed by atoms with Crippen LogP contribution >= 0.6 is 11.3 Å². The Balaban J connectivity index is 0.00000320. The van der Waals surface area contributed by atoms with Crippen molar-refractivity contribution < 1.29 is 19.4 Å². The third kappa shape index (κ3) is 4.80. The van der Waals surface area contributed by atoms with E-state index >= 15 is 0 Å². The number of aryl methyl sites for hydroxylation is 1. The molecule has 0 spiro atoms. The van der Waals surface area contributed by atoms with Gasteiger partial charge in [-0.25, -0.2) is 13.4 Å². The predicted octanol–water partition coefficient (Wildman–Crippen LogP) is 3.21. The Bertz CT molecular complexity index is 1370. The van der Waals surface area contributed by atoms with Gasteiger partial charge in [-0.05, 0) is 55.7 Å². The largest absolute Gasteiger partial charge is 0.360 e. The molecule has 1 N–H and O–H groups in total. The smallest absolute Gasteiger partial charge is 0.263 e. The van der Waals surface area contributed by atoms with Gasteiger partial charge in [0.25, 0.3) is 10.0 Å². The van der Waals surface area contributed by atoms with Crippen molar-refractivity contribution >= 4 is 49.7 Å². The van der Waals surface area contributed by atoms with Crippen LogP contribution < -0.4 is 14.5 Å². The van der Waals surface area contributed by atoms with Crippen LogP contribution in [0.25, 0.3) is 0 Å². The first-order chi connectivity index (χ1) is 17.3. The number of sulfonamides is 1. The molecule has 190 valence electrons. The van der Waals surface area contributed by atoms with Crippen molar-refractivity contribution in [1.29, 1.82) is 0 Å². The molecule has 2 aliphatic rings. The molecule has 0 bridgehead atoms. The minimum Gasteiger partial charge on any atom is -0.360 e. The van der Waals surface area contributed by atoms with Crippen LogP contribution in [0.4, 0.5) is 16.5 Å². The van der Waals surface area contributed by atoms with Crippen LogP contribution in [0.1, 0.15) is 20.3 Å². The van der Waals surface area contributed by atoms with Crippen LogP contribution in [0.5, 0.6) is 0 Å². The Kier molecular flexibility index (Phi) is 6.67. The molecular formula is C25H29N5O4S2. The monoisotopic (exact) mass is 527 g/mol. The molecule has 1 atom stereocenters. The van der Waals surface area contributed by atoms with Crippen molar-refractivity contribution in [1.82, 2.24) is 9.88 Å². The summed E-state index contributed by atoms with van der Waals surface area (Å²) in [5.74, 6) is -0.258. The van der Waals surface area contributed by atoms with Gasteiger partial charge in [0, 0.05) is 44.0 Å². The third-order valence-corrected chi connectivity index (χ3v) is 8.79. The Morgan fingerprint density at radius 3 is 2.61 bits per heavy atom. The first-order valence-electron chi connectivity index (χ1n) is 11.8. The second-order valence-electron chi connectivity index (χ2n) is 8.84. The van der Waals surface area contributed by atoms with E-state index in [0.717, 1.165) is 25.1 Å².